The zero-order valence-corrected chi connectivity index (χ0v) is 7.69. The molecule has 76 valence electrons. The van der Waals surface area contributed by atoms with Gasteiger partial charge in [-0.2, -0.15) is 0 Å². The summed E-state index contributed by atoms with van der Waals surface area (Å²) in [6, 6.07) is 3.43. The predicted octanol–water partition coefficient (Wildman–Crippen LogP) is -0.00990. The number of hydrogen-bond acceptors (Lipinski definition) is 4. The third kappa shape index (κ3) is 1.21. The Kier molecular flexibility index (Phi) is 2.05. The Bertz CT molecular complexity index is 329. The quantitative estimate of drug-likeness (QED) is 0.528. The predicted molar refractivity (Wildman–Crippen MR) is 46.5 cm³/mol. The molecule has 0 spiro atoms. The fourth-order valence-electron chi connectivity index (χ4n) is 1.40. The van der Waals surface area contributed by atoms with E-state index in [4.69, 9.17) is 4.74 Å². The zero-order chi connectivity index (χ0) is 10.2. The van der Waals surface area contributed by atoms with E-state index in [9.17, 15) is 9.90 Å². The summed E-state index contributed by atoms with van der Waals surface area (Å²) in [5, 5.41) is 9.84. The highest BCUT2D eigenvalue weighted by molar-refractivity contribution is 5.83. The molecule has 2 rings (SSSR count). The van der Waals surface area contributed by atoms with Gasteiger partial charge in [-0.3, -0.25) is 0 Å². The topological polar surface area (TPSA) is 74.8 Å². The lowest BCUT2D eigenvalue weighted by molar-refractivity contribution is -0.151. The smallest absolute Gasteiger partial charge is 0.343 e. The van der Waals surface area contributed by atoms with Crippen LogP contribution in [0.3, 0.4) is 0 Å². The zero-order valence-electron chi connectivity index (χ0n) is 7.69. The van der Waals surface area contributed by atoms with Crippen molar-refractivity contribution in [3.8, 4) is 0 Å². The summed E-state index contributed by atoms with van der Waals surface area (Å²) >= 11 is 0. The third-order valence-electron chi connectivity index (χ3n) is 2.34. The van der Waals surface area contributed by atoms with Crippen LogP contribution in [0.4, 0.5) is 0 Å². The Hall–Kier alpha value is -1.33. The van der Waals surface area contributed by atoms with E-state index in [-0.39, 0.29) is 6.61 Å². The summed E-state index contributed by atoms with van der Waals surface area (Å²) in [5.74, 6) is -0.542. The molecular formula is C9H11NO4. The van der Waals surface area contributed by atoms with Crippen LogP contribution < -0.4 is 0 Å². The molecule has 5 heteroatoms. The van der Waals surface area contributed by atoms with Gasteiger partial charge in [-0.15, -0.1) is 0 Å². The first-order valence-corrected chi connectivity index (χ1v) is 4.24. The van der Waals surface area contributed by atoms with Gasteiger partial charge in [-0.05, 0) is 12.1 Å². The first kappa shape index (κ1) is 9.23. The van der Waals surface area contributed by atoms with Crippen LogP contribution in [0, 0.1) is 0 Å². The van der Waals surface area contributed by atoms with Gasteiger partial charge in [0.2, 0.25) is 5.60 Å². The van der Waals surface area contributed by atoms with Crippen molar-refractivity contribution in [2.24, 2.45) is 0 Å². The molecule has 1 aliphatic heterocycles. The molecule has 1 aromatic heterocycles. The molecule has 1 saturated heterocycles. The maximum absolute atomic E-state index is 11.3. The molecule has 0 amide bonds. The monoisotopic (exact) mass is 197 g/mol. The molecule has 0 bridgehead atoms. The Labute approximate surface area is 80.6 Å². The van der Waals surface area contributed by atoms with Crippen LogP contribution in [-0.2, 0) is 14.3 Å². The molecule has 1 aliphatic rings. The van der Waals surface area contributed by atoms with Crippen LogP contribution >= 0.6 is 0 Å². The molecule has 5 nitrogen and oxygen atoms in total. The molecule has 0 aliphatic carbocycles. The molecule has 0 aromatic carbocycles. The van der Waals surface area contributed by atoms with E-state index in [0.29, 0.717) is 5.69 Å². The van der Waals surface area contributed by atoms with Crippen molar-refractivity contribution in [1.29, 1.82) is 0 Å². The van der Waals surface area contributed by atoms with Crippen molar-refractivity contribution in [3.05, 3.63) is 24.0 Å². The number of carbonyl (C=O) groups is 1. The van der Waals surface area contributed by atoms with Crippen molar-refractivity contribution in [3.63, 3.8) is 0 Å². The highest BCUT2D eigenvalue weighted by Gasteiger charge is 2.60. The van der Waals surface area contributed by atoms with E-state index in [2.05, 4.69) is 9.72 Å². The van der Waals surface area contributed by atoms with Crippen molar-refractivity contribution in [2.45, 2.75) is 11.7 Å². The Morgan fingerprint density at radius 1 is 1.86 bits per heavy atom. The molecule has 1 fully saturated rings. The van der Waals surface area contributed by atoms with Crippen LogP contribution in [-0.4, -0.2) is 35.4 Å². The highest BCUT2D eigenvalue weighted by atomic mass is 16.7. The number of aliphatic hydroxyl groups excluding tert-OH is 1. The van der Waals surface area contributed by atoms with Crippen molar-refractivity contribution >= 4 is 5.97 Å². The molecule has 2 unspecified atom stereocenters. The van der Waals surface area contributed by atoms with Gasteiger partial charge in [0.25, 0.3) is 0 Å². The molecule has 2 atom stereocenters. The number of rotatable bonds is 3. The number of methoxy groups -OCH3 is 1. The molecule has 14 heavy (non-hydrogen) atoms. The number of carbonyl (C=O) groups excluding carboxylic acids is 1. The Morgan fingerprint density at radius 3 is 3.00 bits per heavy atom. The minimum atomic E-state index is -1.19. The van der Waals surface area contributed by atoms with Crippen LogP contribution in [0.5, 0.6) is 0 Å². The summed E-state index contributed by atoms with van der Waals surface area (Å²) in [5.41, 5.74) is -0.646. The van der Waals surface area contributed by atoms with E-state index < -0.39 is 17.7 Å². The average molecular weight is 197 g/mol. The van der Waals surface area contributed by atoms with E-state index in [1.54, 1.807) is 18.3 Å². The van der Waals surface area contributed by atoms with E-state index in [0.717, 1.165) is 0 Å². The summed E-state index contributed by atoms with van der Waals surface area (Å²) in [6.07, 6.45) is 0.677. The number of H-pyrrole nitrogens is 1. The minimum absolute atomic E-state index is 0.194. The fourth-order valence-corrected chi connectivity index (χ4v) is 1.40. The number of epoxide rings is 1. The van der Waals surface area contributed by atoms with Crippen LogP contribution in [0.15, 0.2) is 18.3 Å². The second kappa shape index (κ2) is 3.11. The summed E-state index contributed by atoms with van der Waals surface area (Å²) in [4.78, 5) is 14.1. The molecule has 0 radical (unpaired) electrons. The Morgan fingerprint density at radius 2 is 2.57 bits per heavy atom. The molecular weight excluding hydrogens is 186 g/mol. The van der Waals surface area contributed by atoms with Crippen LogP contribution in [0.1, 0.15) is 11.8 Å². The minimum Gasteiger partial charge on any atom is -0.467 e. The molecule has 1 aromatic rings. The highest BCUT2D eigenvalue weighted by Crippen LogP contribution is 2.40. The van der Waals surface area contributed by atoms with Crippen LogP contribution in [0.2, 0.25) is 0 Å². The normalized spacial score (nSPS) is 27.0. The summed E-state index contributed by atoms with van der Waals surface area (Å²) < 4.78 is 9.55. The summed E-state index contributed by atoms with van der Waals surface area (Å²) in [7, 11) is 1.27. The maximum atomic E-state index is 11.3. The number of aliphatic hydroxyl groups is 1. The molecule has 2 heterocycles. The number of aromatic amines is 1. The first-order chi connectivity index (χ1) is 6.70. The summed E-state index contributed by atoms with van der Waals surface area (Å²) in [6.45, 7) is 0.194. The van der Waals surface area contributed by atoms with E-state index in [1.165, 1.54) is 7.11 Å². The lowest BCUT2D eigenvalue weighted by Gasteiger charge is -2.15. The lowest BCUT2D eigenvalue weighted by atomic mass is 10.0. The maximum Gasteiger partial charge on any atom is 0.343 e. The van der Waals surface area contributed by atoms with Gasteiger partial charge in [0.1, 0.15) is 6.10 Å². The Balaban J connectivity index is 2.19. The number of esters is 1. The number of nitrogens with one attached hydrogen (secondary N) is 1. The van der Waals surface area contributed by atoms with Crippen molar-refractivity contribution < 1.29 is 19.4 Å². The van der Waals surface area contributed by atoms with Gasteiger partial charge in [0, 0.05) is 11.9 Å². The second-order valence-corrected chi connectivity index (χ2v) is 3.20. The fraction of sp³-hybridized carbons (Fsp3) is 0.444. The number of aromatic nitrogens is 1. The third-order valence-corrected chi connectivity index (χ3v) is 2.34. The van der Waals surface area contributed by atoms with Gasteiger partial charge >= 0.3 is 5.97 Å². The van der Waals surface area contributed by atoms with Gasteiger partial charge in [-0.25, -0.2) is 4.79 Å². The van der Waals surface area contributed by atoms with Crippen LogP contribution in [0.25, 0.3) is 0 Å². The molecule has 0 saturated carbocycles. The SMILES string of the molecule is COC(=O)C1(C(O)c2ccc[nH]2)CO1. The molecule has 2 N–H and O–H groups in total. The van der Waals surface area contributed by atoms with Gasteiger partial charge < -0.3 is 19.6 Å². The lowest BCUT2D eigenvalue weighted by Crippen LogP contribution is -2.33. The van der Waals surface area contributed by atoms with Crippen molar-refractivity contribution in [2.75, 3.05) is 13.7 Å². The van der Waals surface area contributed by atoms with Gasteiger partial charge in [0.05, 0.1) is 13.7 Å². The van der Waals surface area contributed by atoms with Gasteiger partial charge in [0.15, 0.2) is 0 Å². The number of ether oxygens (including phenoxy) is 2. The van der Waals surface area contributed by atoms with E-state index >= 15 is 0 Å². The van der Waals surface area contributed by atoms with E-state index in [1.807, 2.05) is 0 Å². The van der Waals surface area contributed by atoms with Crippen molar-refractivity contribution in [1.82, 2.24) is 4.98 Å². The second-order valence-electron chi connectivity index (χ2n) is 3.20. The first-order valence-electron chi connectivity index (χ1n) is 4.24. The standard InChI is InChI=1S/C9H11NO4/c1-13-8(12)9(5-14-9)7(11)6-3-2-4-10-6/h2-4,7,10-11H,5H2,1H3. The van der Waals surface area contributed by atoms with Gasteiger partial charge in [-0.1, -0.05) is 0 Å². The average Bonchev–Trinajstić information content (AvgIpc) is 2.84. The number of hydrogen-bond donors (Lipinski definition) is 2. The largest absolute Gasteiger partial charge is 0.467 e.